The lowest BCUT2D eigenvalue weighted by atomic mass is 9.50. The topological polar surface area (TPSA) is 26.3 Å². The fourth-order valence-corrected chi connectivity index (χ4v) is 7.71. The molecule has 0 amide bonds. The summed E-state index contributed by atoms with van der Waals surface area (Å²) in [7, 11) is 0.557. The molecule has 0 spiro atoms. The van der Waals surface area contributed by atoms with E-state index in [1.165, 1.54) is 103 Å². The summed E-state index contributed by atoms with van der Waals surface area (Å²) in [4.78, 5) is 13.7. The SMILES string of the molecule is CCC(C1CCCCC1)C(C(=O)O[SiH3])(C1CCCCC1)C1CCCCC1. The molecule has 1 unspecified atom stereocenters. The lowest BCUT2D eigenvalue weighted by Gasteiger charge is -2.54. The van der Waals surface area contributed by atoms with Crippen LogP contribution in [0, 0.1) is 29.1 Å². The van der Waals surface area contributed by atoms with Gasteiger partial charge in [-0.1, -0.05) is 84.0 Å². The van der Waals surface area contributed by atoms with Crippen LogP contribution < -0.4 is 0 Å². The first-order valence-electron chi connectivity index (χ1n) is 11.8. The van der Waals surface area contributed by atoms with Gasteiger partial charge in [0.15, 0.2) is 0 Å². The Kier molecular flexibility index (Phi) is 7.66. The minimum absolute atomic E-state index is 0.153. The van der Waals surface area contributed by atoms with Gasteiger partial charge in [-0.2, -0.15) is 0 Å². The standard InChI is InChI=1S/C23H42O2Si/c1-2-21(18-12-6-3-7-13-18)23(22(24)25-26,19-14-8-4-9-15-19)20-16-10-5-11-17-20/h18-21H,2-17H2,1,26H3. The molecule has 3 aliphatic carbocycles. The van der Waals surface area contributed by atoms with Gasteiger partial charge in [-0.25, -0.2) is 0 Å². The van der Waals surface area contributed by atoms with Gasteiger partial charge in [0.25, 0.3) is 5.97 Å². The molecule has 26 heavy (non-hydrogen) atoms. The van der Waals surface area contributed by atoms with Crippen LogP contribution in [0.15, 0.2) is 0 Å². The average molecular weight is 379 g/mol. The van der Waals surface area contributed by atoms with Crippen LogP contribution in [0.25, 0.3) is 0 Å². The second-order valence-electron chi connectivity index (χ2n) is 9.51. The van der Waals surface area contributed by atoms with Crippen LogP contribution in [-0.2, 0) is 9.22 Å². The summed E-state index contributed by atoms with van der Waals surface area (Å²) in [5, 5.41) is 0. The molecule has 0 saturated heterocycles. The van der Waals surface area contributed by atoms with E-state index in [-0.39, 0.29) is 11.4 Å². The maximum Gasteiger partial charge on any atom is 0.298 e. The van der Waals surface area contributed by atoms with Crippen molar-refractivity contribution in [2.24, 2.45) is 29.1 Å². The first-order chi connectivity index (χ1) is 12.7. The monoisotopic (exact) mass is 378 g/mol. The third-order valence-corrected chi connectivity index (χ3v) is 8.74. The van der Waals surface area contributed by atoms with Crippen LogP contribution in [0.2, 0.25) is 0 Å². The number of carbonyl (C=O) groups excluding carboxylic acids is 1. The molecule has 3 saturated carbocycles. The predicted octanol–water partition coefficient (Wildman–Crippen LogP) is 5.56. The highest BCUT2D eigenvalue weighted by atomic mass is 28.2. The Labute approximate surface area is 164 Å². The molecular weight excluding hydrogens is 336 g/mol. The van der Waals surface area contributed by atoms with Crippen LogP contribution in [0.3, 0.4) is 0 Å². The third kappa shape index (κ3) is 3.93. The molecule has 3 rings (SSSR count). The summed E-state index contributed by atoms with van der Waals surface area (Å²) in [5.41, 5.74) is -0.153. The Morgan fingerprint density at radius 1 is 0.846 bits per heavy atom. The van der Waals surface area contributed by atoms with Crippen molar-refractivity contribution in [1.82, 2.24) is 0 Å². The van der Waals surface area contributed by atoms with Gasteiger partial charge < -0.3 is 4.43 Å². The highest BCUT2D eigenvalue weighted by Gasteiger charge is 2.57. The van der Waals surface area contributed by atoms with E-state index in [0.717, 1.165) is 5.92 Å². The summed E-state index contributed by atoms with van der Waals surface area (Å²) >= 11 is 0. The fourth-order valence-electron chi connectivity index (χ4n) is 7.36. The summed E-state index contributed by atoms with van der Waals surface area (Å²) in [6, 6.07) is 0. The van der Waals surface area contributed by atoms with E-state index in [0.29, 0.717) is 28.2 Å². The first kappa shape index (κ1) is 20.4. The van der Waals surface area contributed by atoms with Crippen LogP contribution in [0.1, 0.15) is 110 Å². The second-order valence-corrected chi connectivity index (χ2v) is 9.92. The molecule has 0 aliphatic heterocycles. The molecule has 3 aliphatic rings. The van der Waals surface area contributed by atoms with Crippen molar-refractivity contribution in [3.8, 4) is 0 Å². The molecule has 2 nitrogen and oxygen atoms in total. The van der Waals surface area contributed by atoms with Gasteiger partial charge in [-0.15, -0.1) is 0 Å². The van der Waals surface area contributed by atoms with Crippen molar-refractivity contribution in [3.63, 3.8) is 0 Å². The van der Waals surface area contributed by atoms with E-state index in [4.69, 9.17) is 4.43 Å². The normalized spacial score (nSPS) is 25.9. The Morgan fingerprint density at radius 2 is 1.27 bits per heavy atom. The van der Waals surface area contributed by atoms with Gasteiger partial charge in [0.1, 0.15) is 0 Å². The molecule has 1 atom stereocenters. The summed E-state index contributed by atoms with van der Waals surface area (Å²) in [6.45, 7) is 2.38. The number of rotatable bonds is 6. The van der Waals surface area contributed by atoms with Gasteiger partial charge in [-0.05, 0) is 49.4 Å². The fraction of sp³-hybridized carbons (Fsp3) is 0.957. The quantitative estimate of drug-likeness (QED) is 0.565. The lowest BCUT2D eigenvalue weighted by molar-refractivity contribution is -0.168. The van der Waals surface area contributed by atoms with Gasteiger partial charge in [0.2, 0.25) is 10.5 Å². The highest BCUT2D eigenvalue weighted by molar-refractivity contribution is 6.06. The maximum absolute atomic E-state index is 13.7. The van der Waals surface area contributed by atoms with Crippen molar-refractivity contribution in [2.75, 3.05) is 0 Å². The van der Waals surface area contributed by atoms with Gasteiger partial charge >= 0.3 is 0 Å². The van der Waals surface area contributed by atoms with Crippen molar-refractivity contribution < 1.29 is 9.22 Å². The van der Waals surface area contributed by atoms with E-state index in [1.807, 2.05) is 0 Å². The molecule has 3 fully saturated rings. The van der Waals surface area contributed by atoms with Gasteiger partial charge in [0.05, 0.1) is 5.41 Å². The zero-order chi connectivity index (χ0) is 18.4. The van der Waals surface area contributed by atoms with Crippen LogP contribution in [-0.4, -0.2) is 16.5 Å². The Balaban J connectivity index is 2.01. The highest BCUT2D eigenvalue weighted by Crippen LogP contribution is 2.58. The van der Waals surface area contributed by atoms with Crippen LogP contribution >= 0.6 is 0 Å². The van der Waals surface area contributed by atoms with Crippen LogP contribution in [0.5, 0.6) is 0 Å². The zero-order valence-corrected chi connectivity index (χ0v) is 19.4. The number of carbonyl (C=O) groups is 1. The summed E-state index contributed by atoms with van der Waals surface area (Å²) in [5.74, 6) is 2.74. The van der Waals surface area contributed by atoms with E-state index < -0.39 is 0 Å². The molecule has 0 aromatic heterocycles. The molecule has 0 N–H and O–H groups in total. The summed E-state index contributed by atoms with van der Waals surface area (Å²) < 4.78 is 5.80. The molecule has 0 bridgehead atoms. The summed E-state index contributed by atoms with van der Waals surface area (Å²) in [6.07, 6.45) is 21.2. The van der Waals surface area contributed by atoms with E-state index in [9.17, 15) is 4.79 Å². The molecule has 3 heteroatoms. The van der Waals surface area contributed by atoms with Crippen LogP contribution in [0.4, 0.5) is 0 Å². The average Bonchev–Trinajstić information content (AvgIpc) is 2.73. The van der Waals surface area contributed by atoms with E-state index in [1.54, 1.807) is 0 Å². The van der Waals surface area contributed by atoms with E-state index >= 15 is 0 Å². The molecular formula is C23H42O2Si. The minimum atomic E-state index is -0.153. The van der Waals surface area contributed by atoms with Crippen molar-refractivity contribution in [1.29, 1.82) is 0 Å². The Hall–Kier alpha value is -0.313. The van der Waals surface area contributed by atoms with Gasteiger partial charge in [-0.3, -0.25) is 4.79 Å². The van der Waals surface area contributed by atoms with Crippen molar-refractivity contribution in [2.45, 2.75) is 110 Å². The van der Waals surface area contributed by atoms with Gasteiger partial charge in [0, 0.05) is 0 Å². The zero-order valence-electron chi connectivity index (χ0n) is 17.4. The largest absolute Gasteiger partial charge is 0.528 e. The molecule has 0 aromatic rings. The van der Waals surface area contributed by atoms with E-state index in [2.05, 4.69) is 6.92 Å². The predicted molar refractivity (Wildman–Crippen MR) is 112 cm³/mol. The smallest absolute Gasteiger partial charge is 0.298 e. The second kappa shape index (κ2) is 9.75. The lowest BCUT2D eigenvalue weighted by Crippen LogP contribution is -2.54. The first-order valence-corrected chi connectivity index (χ1v) is 12.6. The molecule has 0 heterocycles. The van der Waals surface area contributed by atoms with Crippen molar-refractivity contribution >= 4 is 16.5 Å². The molecule has 150 valence electrons. The maximum atomic E-state index is 13.7. The minimum Gasteiger partial charge on any atom is -0.528 e. The Morgan fingerprint density at radius 3 is 1.65 bits per heavy atom. The molecule has 0 radical (unpaired) electrons. The molecule has 0 aromatic carbocycles. The van der Waals surface area contributed by atoms with Crippen molar-refractivity contribution in [3.05, 3.63) is 0 Å². The number of hydrogen-bond donors (Lipinski definition) is 0. The Bertz CT molecular complexity index is 413. The third-order valence-electron chi connectivity index (χ3n) is 8.37. The number of hydrogen-bond acceptors (Lipinski definition) is 2.